The Morgan fingerprint density at radius 1 is 0.509 bits per heavy atom. The predicted octanol–water partition coefficient (Wildman–Crippen LogP) is 12.7. The van der Waals surface area contributed by atoms with E-state index in [-0.39, 0.29) is 46.1 Å². The van der Waals surface area contributed by atoms with Gasteiger partial charge in [-0.3, -0.25) is 14.4 Å². The molecular weight excluding hydrogens is 663 g/mol. The highest BCUT2D eigenvalue weighted by Crippen LogP contribution is 2.52. The SMILES string of the molecule is CCCCCCCCOCC1C(C)(C)CC(OC(=O)CCCCCCCCC(=O)OC2CC(C)(C)N(OCCCCCCCC)C(C)(C)C2)CC1(C)C. The third kappa shape index (κ3) is 18.5. The number of ether oxygens (including phenoxy) is 3. The summed E-state index contributed by atoms with van der Waals surface area (Å²) < 4.78 is 18.3. The maximum Gasteiger partial charge on any atom is 0.306 e. The molecule has 0 aromatic heterocycles. The molecular formula is C46H87NO6. The van der Waals surface area contributed by atoms with E-state index >= 15 is 0 Å². The summed E-state index contributed by atoms with van der Waals surface area (Å²) in [6.45, 7) is 25.0. The maximum atomic E-state index is 12.8. The molecule has 1 aliphatic heterocycles. The summed E-state index contributed by atoms with van der Waals surface area (Å²) in [6, 6.07) is 0. The molecule has 2 fully saturated rings. The zero-order chi connectivity index (χ0) is 39.4. The molecule has 2 rings (SSSR count). The fourth-order valence-electron chi connectivity index (χ4n) is 9.69. The predicted molar refractivity (Wildman–Crippen MR) is 220 cm³/mol. The van der Waals surface area contributed by atoms with Crippen molar-refractivity contribution in [2.45, 2.75) is 247 Å². The summed E-state index contributed by atoms with van der Waals surface area (Å²) in [4.78, 5) is 32.0. The number of hydroxylamine groups is 2. The van der Waals surface area contributed by atoms with Gasteiger partial charge in [0.1, 0.15) is 12.2 Å². The monoisotopic (exact) mass is 750 g/mol. The molecule has 0 spiro atoms. The third-order valence-electron chi connectivity index (χ3n) is 12.2. The Morgan fingerprint density at radius 3 is 1.34 bits per heavy atom. The molecule has 0 radical (unpaired) electrons. The van der Waals surface area contributed by atoms with Gasteiger partial charge in [0, 0.05) is 43.4 Å². The first-order valence-corrected chi connectivity index (χ1v) is 22.4. The molecule has 1 saturated heterocycles. The van der Waals surface area contributed by atoms with Crippen molar-refractivity contribution in [2.24, 2.45) is 16.7 Å². The van der Waals surface area contributed by atoms with E-state index in [1.165, 1.54) is 64.2 Å². The van der Waals surface area contributed by atoms with Gasteiger partial charge in [-0.15, -0.1) is 0 Å². The van der Waals surface area contributed by atoms with Gasteiger partial charge in [0.25, 0.3) is 0 Å². The number of rotatable bonds is 28. The van der Waals surface area contributed by atoms with Crippen LogP contribution in [0.2, 0.25) is 0 Å². The highest BCUT2D eigenvalue weighted by molar-refractivity contribution is 5.69. The van der Waals surface area contributed by atoms with Crippen LogP contribution in [0.15, 0.2) is 0 Å². The lowest BCUT2D eigenvalue weighted by Crippen LogP contribution is -2.62. The molecule has 0 atom stereocenters. The number of carbonyl (C=O) groups excluding carboxylic acids is 2. The second-order valence-corrected chi connectivity index (χ2v) is 19.6. The Balaban J connectivity index is 1.57. The van der Waals surface area contributed by atoms with Crippen molar-refractivity contribution in [3.05, 3.63) is 0 Å². The Bertz CT molecular complexity index is 970. The first-order chi connectivity index (χ1) is 25.0. The van der Waals surface area contributed by atoms with E-state index < -0.39 is 0 Å². The van der Waals surface area contributed by atoms with E-state index in [0.29, 0.717) is 18.8 Å². The van der Waals surface area contributed by atoms with Crippen molar-refractivity contribution in [1.82, 2.24) is 5.06 Å². The molecule has 0 amide bonds. The number of unbranched alkanes of at least 4 members (excludes halogenated alkanes) is 15. The molecule has 0 bridgehead atoms. The Kier molecular flexibility index (Phi) is 22.1. The minimum Gasteiger partial charge on any atom is -0.462 e. The molecule has 0 unspecified atom stereocenters. The molecule has 1 heterocycles. The van der Waals surface area contributed by atoms with Crippen LogP contribution in [0, 0.1) is 16.7 Å². The molecule has 1 saturated carbocycles. The van der Waals surface area contributed by atoms with Gasteiger partial charge in [-0.2, -0.15) is 5.06 Å². The van der Waals surface area contributed by atoms with Crippen LogP contribution in [0.4, 0.5) is 0 Å². The van der Waals surface area contributed by atoms with Crippen LogP contribution < -0.4 is 0 Å². The molecule has 1 aliphatic carbocycles. The summed E-state index contributed by atoms with van der Waals surface area (Å²) in [5.41, 5.74) is -0.273. The first kappa shape index (κ1) is 48.0. The van der Waals surface area contributed by atoms with Gasteiger partial charge in [-0.25, -0.2) is 0 Å². The van der Waals surface area contributed by atoms with Crippen molar-refractivity contribution in [3.63, 3.8) is 0 Å². The van der Waals surface area contributed by atoms with Gasteiger partial charge in [0.2, 0.25) is 0 Å². The van der Waals surface area contributed by atoms with Crippen molar-refractivity contribution in [2.75, 3.05) is 19.8 Å². The summed E-state index contributed by atoms with van der Waals surface area (Å²) in [5.74, 6) is 0.319. The van der Waals surface area contributed by atoms with Crippen LogP contribution in [-0.2, 0) is 28.6 Å². The lowest BCUT2D eigenvalue weighted by molar-refractivity contribution is -0.293. The highest BCUT2D eigenvalue weighted by Gasteiger charge is 2.49. The highest BCUT2D eigenvalue weighted by atomic mass is 16.7. The van der Waals surface area contributed by atoms with Crippen LogP contribution in [0.25, 0.3) is 0 Å². The van der Waals surface area contributed by atoms with Gasteiger partial charge in [0.15, 0.2) is 0 Å². The zero-order valence-corrected chi connectivity index (χ0v) is 36.7. The number of nitrogens with zero attached hydrogens (tertiary/aromatic N) is 1. The molecule has 0 aromatic carbocycles. The Labute approximate surface area is 328 Å². The Hall–Kier alpha value is -1.18. The first-order valence-electron chi connectivity index (χ1n) is 22.4. The van der Waals surface area contributed by atoms with Gasteiger partial charge < -0.3 is 14.2 Å². The number of hydrogen-bond acceptors (Lipinski definition) is 7. The average Bonchev–Trinajstić information content (AvgIpc) is 3.04. The normalized spacial score (nSPS) is 22.5. The van der Waals surface area contributed by atoms with E-state index in [1.807, 2.05) is 0 Å². The quantitative estimate of drug-likeness (QED) is 0.0582. The van der Waals surface area contributed by atoms with Crippen molar-refractivity contribution < 1.29 is 28.6 Å². The number of piperidine rings is 1. The number of esters is 2. The molecule has 53 heavy (non-hydrogen) atoms. The maximum absolute atomic E-state index is 12.8. The van der Waals surface area contributed by atoms with Gasteiger partial charge in [0.05, 0.1) is 13.2 Å². The summed E-state index contributed by atoms with van der Waals surface area (Å²) >= 11 is 0. The van der Waals surface area contributed by atoms with Crippen molar-refractivity contribution >= 4 is 11.9 Å². The van der Waals surface area contributed by atoms with E-state index in [4.69, 9.17) is 19.0 Å². The van der Waals surface area contributed by atoms with Crippen molar-refractivity contribution in [3.8, 4) is 0 Å². The summed E-state index contributed by atoms with van der Waals surface area (Å²) in [6.07, 6.45) is 25.3. The zero-order valence-electron chi connectivity index (χ0n) is 36.7. The third-order valence-corrected chi connectivity index (χ3v) is 12.2. The largest absolute Gasteiger partial charge is 0.462 e. The summed E-state index contributed by atoms with van der Waals surface area (Å²) in [5, 5.41) is 2.18. The lowest BCUT2D eigenvalue weighted by atomic mass is 9.56. The standard InChI is InChI=1S/C46H87NO6/c1-11-13-15-17-23-27-31-50-37-40-43(3,4)33-38(34-44(40,5)6)52-41(48)29-25-21-19-20-22-26-30-42(49)53-39-35-45(7,8)47(46(9,10)36-39)51-32-28-24-18-16-14-12-2/h38-40H,11-37H2,1-10H3. The van der Waals surface area contributed by atoms with Crippen LogP contribution in [0.1, 0.15) is 223 Å². The molecule has 7 nitrogen and oxygen atoms in total. The minimum atomic E-state index is -0.199. The smallest absolute Gasteiger partial charge is 0.306 e. The number of carbonyl (C=O) groups is 2. The van der Waals surface area contributed by atoms with E-state index in [0.717, 1.165) is 96.9 Å². The van der Waals surface area contributed by atoms with Crippen LogP contribution in [-0.4, -0.2) is 60.1 Å². The topological polar surface area (TPSA) is 74.3 Å². The van der Waals surface area contributed by atoms with E-state index in [1.54, 1.807) is 0 Å². The van der Waals surface area contributed by atoms with Crippen molar-refractivity contribution in [1.29, 1.82) is 0 Å². The fraction of sp³-hybridized carbons (Fsp3) is 0.957. The number of hydrogen-bond donors (Lipinski definition) is 0. The molecule has 7 heteroatoms. The van der Waals surface area contributed by atoms with Crippen LogP contribution >= 0.6 is 0 Å². The average molecular weight is 750 g/mol. The van der Waals surface area contributed by atoms with E-state index in [9.17, 15) is 9.59 Å². The van der Waals surface area contributed by atoms with Gasteiger partial charge >= 0.3 is 11.9 Å². The fourth-order valence-corrected chi connectivity index (χ4v) is 9.69. The second kappa shape index (κ2) is 24.5. The lowest BCUT2D eigenvalue weighted by Gasteiger charge is -2.53. The van der Waals surface area contributed by atoms with Gasteiger partial charge in [-0.1, -0.05) is 131 Å². The van der Waals surface area contributed by atoms with E-state index in [2.05, 4.69) is 74.3 Å². The van der Waals surface area contributed by atoms with Gasteiger partial charge in [-0.05, 0) is 83.0 Å². The second-order valence-electron chi connectivity index (χ2n) is 19.6. The Morgan fingerprint density at radius 2 is 0.887 bits per heavy atom. The minimum absolute atomic E-state index is 0.0185. The molecule has 0 N–H and O–H groups in total. The van der Waals surface area contributed by atoms with Crippen LogP contribution in [0.3, 0.4) is 0 Å². The van der Waals surface area contributed by atoms with Crippen LogP contribution in [0.5, 0.6) is 0 Å². The summed E-state index contributed by atoms with van der Waals surface area (Å²) in [7, 11) is 0. The molecule has 0 aromatic rings. The molecule has 312 valence electrons. The molecule has 2 aliphatic rings.